The van der Waals surface area contributed by atoms with Gasteiger partial charge in [0.2, 0.25) is 5.91 Å². The van der Waals surface area contributed by atoms with E-state index in [0.29, 0.717) is 10.8 Å². The van der Waals surface area contributed by atoms with Crippen LogP contribution >= 0.6 is 11.3 Å². The summed E-state index contributed by atoms with van der Waals surface area (Å²) in [5.74, 6) is 0.599. The van der Waals surface area contributed by atoms with Crippen LogP contribution in [0.1, 0.15) is 8.42 Å². The molecule has 0 spiro atoms. The normalized spacial score (nSPS) is 10.8. The van der Waals surface area contributed by atoms with Gasteiger partial charge in [0.15, 0.2) is 10.8 Å². The molecule has 0 unspecified atom stereocenters. The number of benzene rings is 1. The van der Waals surface area contributed by atoms with Crippen molar-refractivity contribution >= 4 is 33.4 Å². The number of H-pyrrole nitrogens is 1. The van der Waals surface area contributed by atoms with Crippen molar-refractivity contribution in [3.05, 3.63) is 53.5 Å². The van der Waals surface area contributed by atoms with Crippen molar-refractivity contribution < 1.29 is 12.4 Å². The maximum absolute atomic E-state index is 12.3. The average Bonchev–Trinajstić information content (AvgIpc) is 3.28. The number of ether oxygens (including phenoxy) is 1. The summed E-state index contributed by atoms with van der Waals surface area (Å²) in [5, 5.41) is 13.3. The number of hydrogen-bond acceptors (Lipinski definition) is 6. The summed E-state index contributed by atoms with van der Waals surface area (Å²) in [7, 11) is 1.60. The second-order valence-corrected chi connectivity index (χ2v) is 6.45. The van der Waals surface area contributed by atoms with E-state index in [4.69, 9.17) is 4.74 Å². The van der Waals surface area contributed by atoms with Crippen molar-refractivity contribution in [1.82, 2.24) is 20.2 Å². The van der Waals surface area contributed by atoms with Gasteiger partial charge in [-0.2, -0.15) is 5.10 Å². The Labute approximate surface area is 156 Å². The molecule has 0 fully saturated rings. The number of carbonyl (C=O) groups excluding carboxylic acids is 1. The van der Waals surface area contributed by atoms with Crippen LogP contribution in [0.15, 0.2) is 48.0 Å². The molecule has 3 heterocycles. The maximum Gasteiger partial charge on any atom is 0.230 e. The van der Waals surface area contributed by atoms with E-state index in [-0.39, 0.29) is 15.2 Å². The van der Waals surface area contributed by atoms with E-state index < -0.39 is 0 Å². The molecule has 134 valence electrons. The van der Waals surface area contributed by atoms with Crippen molar-refractivity contribution in [3.8, 4) is 17.1 Å². The van der Waals surface area contributed by atoms with Crippen LogP contribution in [0.3, 0.4) is 0 Å². The quantitative estimate of drug-likeness (QED) is 0.559. The van der Waals surface area contributed by atoms with Crippen molar-refractivity contribution in [2.24, 2.45) is 0 Å². The van der Waals surface area contributed by atoms with Gasteiger partial charge >= 0.3 is 0 Å². The summed E-state index contributed by atoms with van der Waals surface area (Å²) in [6.45, 7) is 0. The Kier molecular flexibility index (Phi) is 4.32. The third-order valence-corrected chi connectivity index (χ3v) is 4.59. The first-order valence-electron chi connectivity index (χ1n) is 7.91. The van der Waals surface area contributed by atoms with Gasteiger partial charge in [-0.15, -0.1) is 11.3 Å². The van der Waals surface area contributed by atoms with E-state index in [1.54, 1.807) is 13.3 Å². The maximum atomic E-state index is 12.3. The van der Waals surface area contributed by atoms with Crippen molar-refractivity contribution in [1.29, 1.82) is 0 Å². The molecular weight excluding hydrogens is 350 g/mol. The lowest BCUT2D eigenvalue weighted by Crippen LogP contribution is -2.14. The zero-order valence-electron chi connectivity index (χ0n) is 13.9. The number of amides is 1. The summed E-state index contributed by atoms with van der Waals surface area (Å²) in [6.07, 6.45) is 1.95. The summed E-state index contributed by atoms with van der Waals surface area (Å²) >= 11 is 1.37. The summed E-state index contributed by atoms with van der Waals surface area (Å²) in [6, 6.07) is 11.2. The van der Waals surface area contributed by atoms with Crippen LogP contribution < -0.4 is 10.1 Å². The fourth-order valence-electron chi connectivity index (χ4n) is 2.62. The van der Waals surface area contributed by atoms with Gasteiger partial charge in [-0.1, -0.05) is 12.1 Å². The van der Waals surface area contributed by atoms with E-state index in [1.165, 1.54) is 11.3 Å². The molecule has 2 N–H and O–H groups in total. The molecule has 0 radical (unpaired) electrons. The molecule has 0 saturated heterocycles. The van der Waals surface area contributed by atoms with Crippen LogP contribution in [-0.2, 0) is 11.2 Å². The Morgan fingerprint density at radius 1 is 1.35 bits per heavy atom. The SMILES string of the molecule is COc1cccc(CC(=O)Nc2nc(-c3[nH]nc4ncccc34)cs2)c1.[HH].[HH]. The van der Waals surface area contributed by atoms with Gasteiger partial charge in [-0.25, -0.2) is 9.97 Å². The third-order valence-electron chi connectivity index (χ3n) is 3.84. The Morgan fingerprint density at radius 2 is 2.27 bits per heavy atom. The predicted molar refractivity (Wildman–Crippen MR) is 105 cm³/mol. The van der Waals surface area contributed by atoms with E-state index in [2.05, 4.69) is 25.5 Å². The minimum atomic E-state index is -0.129. The molecule has 7 nitrogen and oxygen atoms in total. The number of fused-ring (bicyclic) bond motifs is 1. The Balaban J connectivity index is 0.00000140. The van der Waals surface area contributed by atoms with Crippen LogP contribution in [0.5, 0.6) is 5.75 Å². The molecule has 0 atom stereocenters. The van der Waals surface area contributed by atoms with Crippen molar-refractivity contribution in [2.45, 2.75) is 6.42 Å². The van der Waals surface area contributed by atoms with E-state index in [1.807, 2.05) is 41.8 Å². The fourth-order valence-corrected chi connectivity index (χ4v) is 3.34. The summed E-state index contributed by atoms with van der Waals surface area (Å²) < 4.78 is 5.18. The lowest BCUT2D eigenvalue weighted by molar-refractivity contribution is -0.115. The highest BCUT2D eigenvalue weighted by Gasteiger charge is 2.13. The van der Waals surface area contributed by atoms with Gasteiger partial charge in [0.25, 0.3) is 0 Å². The topological polar surface area (TPSA) is 92.8 Å². The number of hydrogen-bond donors (Lipinski definition) is 2. The molecular formula is C18H19N5O2S. The Hall–Kier alpha value is -3.26. The highest BCUT2D eigenvalue weighted by molar-refractivity contribution is 7.14. The second kappa shape index (κ2) is 6.93. The first-order valence-corrected chi connectivity index (χ1v) is 8.78. The van der Waals surface area contributed by atoms with Crippen molar-refractivity contribution in [2.75, 3.05) is 12.4 Å². The van der Waals surface area contributed by atoms with Gasteiger partial charge in [0.05, 0.1) is 19.2 Å². The lowest BCUT2D eigenvalue weighted by atomic mass is 10.1. The number of aromatic amines is 1. The number of nitrogens with zero attached hydrogens (tertiary/aromatic N) is 3. The molecule has 1 aromatic carbocycles. The number of anilines is 1. The number of thiazole rings is 1. The van der Waals surface area contributed by atoms with Gasteiger partial charge in [-0.05, 0) is 29.8 Å². The van der Waals surface area contributed by atoms with Gasteiger partial charge in [0.1, 0.15) is 11.4 Å². The molecule has 0 aliphatic rings. The number of pyridine rings is 1. The zero-order chi connectivity index (χ0) is 17.9. The molecule has 0 bridgehead atoms. The van der Waals surface area contributed by atoms with E-state index >= 15 is 0 Å². The second-order valence-electron chi connectivity index (χ2n) is 5.59. The standard InChI is InChI=1S/C18H15N5O2S.2H2/c1-25-12-5-2-4-11(8-12)9-15(24)21-18-20-14(10-26-18)16-13-6-3-7-19-17(13)23-22-16;;/h2-8,10H,9H2,1H3,(H,19,22,23)(H,20,21,24);2*1H. The van der Waals surface area contributed by atoms with Crippen LogP contribution in [0.25, 0.3) is 22.4 Å². The fraction of sp³-hybridized carbons (Fsp3) is 0.111. The largest absolute Gasteiger partial charge is 0.497 e. The Bertz CT molecular complexity index is 1080. The van der Waals surface area contributed by atoms with Gasteiger partial charge in [-0.3, -0.25) is 9.89 Å². The van der Waals surface area contributed by atoms with Gasteiger partial charge in [0, 0.05) is 19.8 Å². The molecule has 8 heteroatoms. The van der Waals surface area contributed by atoms with E-state index in [9.17, 15) is 4.79 Å². The number of rotatable bonds is 5. The lowest BCUT2D eigenvalue weighted by Gasteiger charge is -2.04. The predicted octanol–water partition coefficient (Wildman–Crippen LogP) is 3.76. The molecule has 4 rings (SSSR count). The number of carbonyl (C=O) groups is 1. The molecule has 3 aromatic heterocycles. The molecule has 1 amide bonds. The monoisotopic (exact) mass is 369 g/mol. The smallest absolute Gasteiger partial charge is 0.230 e. The van der Waals surface area contributed by atoms with Crippen LogP contribution in [-0.4, -0.2) is 33.2 Å². The number of aromatic nitrogens is 4. The minimum absolute atomic E-state index is 0. The van der Waals surface area contributed by atoms with Gasteiger partial charge < -0.3 is 10.1 Å². The number of nitrogens with one attached hydrogen (secondary N) is 2. The zero-order valence-corrected chi connectivity index (χ0v) is 14.7. The summed E-state index contributed by atoms with van der Waals surface area (Å²) in [5.41, 5.74) is 3.03. The Morgan fingerprint density at radius 3 is 3.15 bits per heavy atom. The molecule has 0 saturated carbocycles. The first kappa shape index (κ1) is 16.2. The molecule has 4 aromatic rings. The number of methoxy groups -OCH3 is 1. The highest BCUT2D eigenvalue weighted by Crippen LogP contribution is 2.28. The van der Waals surface area contributed by atoms with E-state index in [0.717, 1.165) is 28.1 Å². The highest BCUT2D eigenvalue weighted by atomic mass is 32.1. The molecule has 0 aliphatic heterocycles. The molecule has 26 heavy (non-hydrogen) atoms. The van der Waals surface area contributed by atoms with Crippen LogP contribution in [0.2, 0.25) is 0 Å². The minimum Gasteiger partial charge on any atom is -0.497 e. The molecule has 0 aliphatic carbocycles. The van der Waals surface area contributed by atoms with Crippen LogP contribution in [0.4, 0.5) is 5.13 Å². The average molecular weight is 369 g/mol. The van der Waals surface area contributed by atoms with Crippen molar-refractivity contribution in [3.63, 3.8) is 0 Å². The summed E-state index contributed by atoms with van der Waals surface area (Å²) in [4.78, 5) is 21.0. The first-order chi connectivity index (χ1) is 12.7. The van der Waals surface area contributed by atoms with Crippen LogP contribution in [0, 0.1) is 0 Å². The third kappa shape index (κ3) is 3.27.